The number of rotatable bonds is 3. The lowest BCUT2D eigenvalue weighted by Crippen LogP contribution is -2.17. The van der Waals surface area contributed by atoms with Crippen molar-refractivity contribution in [3.63, 3.8) is 0 Å². The van der Waals surface area contributed by atoms with Crippen molar-refractivity contribution < 1.29 is 14.3 Å². The second kappa shape index (κ2) is 5.61. The number of carbonyl (C=O) groups is 1. The van der Waals surface area contributed by atoms with E-state index in [4.69, 9.17) is 4.74 Å². The maximum Gasteiger partial charge on any atom is 0.306 e. The molecule has 0 N–H and O–H groups in total. The Labute approximate surface area is 84.1 Å². The molecule has 0 bridgehead atoms. The maximum absolute atomic E-state index is 11.2. The molecule has 0 aliphatic heterocycles. The Hall–Kier alpha value is -1.08. The number of allylic oxidation sites excluding steroid dienone is 1. The van der Waals surface area contributed by atoms with Gasteiger partial charge in [0.1, 0.15) is 5.94 Å². The highest BCUT2D eigenvalue weighted by Crippen LogP contribution is 2.30. The second-order valence-corrected chi connectivity index (χ2v) is 3.58. The molecule has 0 aromatic rings. The first kappa shape index (κ1) is 11.0. The first-order chi connectivity index (χ1) is 6.77. The normalized spacial score (nSPS) is 21.5. The van der Waals surface area contributed by atoms with Gasteiger partial charge in [0.25, 0.3) is 0 Å². The van der Waals surface area contributed by atoms with E-state index < -0.39 is 0 Å². The molecule has 3 heteroatoms. The molecule has 0 heterocycles. The van der Waals surface area contributed by atoms with Crippen LogP contribution >= 0.6 is 0 Å². The van der Waals surface area contributed by atoms with Crippen LogP contribution in [-0.2, 0) is 14.3 Å². The third-order valence-electron chi connectivity index (χ3n) is 2.59. The minimum atomic E-state index is -0.202. The highest BCUT2D eigenvalue weighted by molar-refractivity contribution is 5.71. The van der Waals surface area contributed by atoms with Gasteiger partial charge in [-0.25, -0.2) is 4.79 Å². The molecule has 0 saturated heterocycles. The van der Waals surface area contributed by atoms with Crippen LogP contribution in [0.1, 0.15) is 39.0 Å². The van der Waals surface area contributed by atoms with Crippen molar-refractivity contribution in [2.75, 3.05) is 6.61 Å². The van der Waals surface area contributed by atoms with Crippen molar-refractivity contribution in [1.82, 2.24) is 0 Å². The van der Waals surface area contributed by atoms with Gasteiger partial charge >= 0.3 is 5.97 Å². The van der Waals surface area contributed by atoms with Crippen molar-refractivity contribution in [2.24, 2.45) is 5.92 Å². The monoisotopic (exact) mass is 196 g/mol. The van der Waals surface area contributed by atoms with E-state index in [1.165, 1.54) is 0 Å². The van der Waals surface area contributed by atoms with Crippen molar-refractivity contribution >= 4 is 11.9 Å². The fourth-order valence-electron chi connectivity index (χ4n) is 1.87. The summed E-state index contributed by atoms with van der Waals surface area (Å²) in [5, 5.41) is 0. The Kier molecular flexibility index (Phi) is 4.41. The zero-order chi connectivity index (χ0) is 10.4. The molecule has 1 fully saturated rings. The van der Waals surface area contributed by atoms with Crippen LogP contribution in [-0.4, -0.2) is 18.5 Å². The Balaban J connectivity index is 2.49. The van der Waals surface area contributed by atoms with Gasteiger partial charge in [0.05, 0.1) is 13.0 Å². The fraction of sp³-hybridized carbons (Fsp3) is 0.727. The van der Waals surface area contributed by atoms with E-state index in [1.807, 2.05) is 5.94 Å². The van der Waals surface area contributed by atoms with Gasteiger partial charge in [-0.1, -0.05) is 6.42 Å². The van der Waals surface area contributed by atoms with Crippen LogP contribution in [0.4, 0.5) is 0 Å². The Bertz CT molecular complexity index is 251. The molecule has 1 atom stereocenters. The molecule has 78 valence electrons. The minimum absolute atomic E-state index is 0.0836. The Morgan fingerprint density at radius 2 is 2.36 bits per heavy atom. The first-order valence-corrected chi connectivity index (χ1v) is 5.17. The molecular formula is C11H16O3. The SMILES string of the molecule is CCOC(=O)CC1CCCCC1=C=O. The van der Waals surface area contributed by atoms with Crippen molar-refractivity contribution in [3.8, 4) is 0 Å². The number of hydrogen-bond donors (Lipinski definition) is 0. The van der Waals surface area contributed by atoms with Crippen LogP contribution in [0.2, 0.25) is 0 Å². The summed E-state index contributed by atoms with van der Waals surface area (Å²) in [5.74, 6) is 1.84. The highest BCUT2D eigenvalue weighted by Gasteiger charge is 2.22. The van der Waals surface area contributed by atoms with Crippen LogP contribution in [0, 0.1) is 5.92 Å². The van der Waals surface area contributed by atoms with Gasteiger partial charge in [0.2, 0.25) is 0 Å². The predicted octanol–water partition coefficient (Wildman–Crippen LogP) is 1.89. The van der Waals surface area contributed by atoms with Crippen LogP contribution in [0.3, 0.4) is 0 Å². The smallest absolute Gasteiger partial charge is 0.306 e. The molecule has 3 nitrogen and oxygen atoms in total. The van der Waals surface area contributed by atoms with Crippen LogP contribution in [0.25, 0.3) is 0 Å². The first-order valence-electron chi connectivity index (χ1n) is 5.17. The quantitative estimate of drug-likeness (QED) is 0.511. The number of ether oxygens (including phenoxy) is 1. The second-order valence-electron chi connectivity index (χ2n) is 3.58. The number of carbonyl (C=O) groups excluding carboxylic acids is 2. The molecule has 14 heavy (non-hydrogen) atoms. The molecule has 0 aromatic carbocycles. The van der Waals surface area contributed by atoms with Crippen LogP contribution in [0.5, 0.6) is 0 Å². The molecule has 0 amide bonds. The molecule has 1 saturated carbocycles. The molecule has 0 spiro atoms. The van der Waals surface area contributed by atoms with Crippen molar-refractivity contribution in [2.45, 2.75) is 39.0 Å². The molecule has 0 aromatic heterocycles. The average molecular weight is 196 g/mol. The largest absolute Gasteiger partial charge is 0.466 e. The Morgan fingerprint density at radius 1 is 1.57 bits per heavy atom. The third kappa shape index (κ3) is 3.00. The van der Waals surface area contributed by atoms with Gasteiger partial charge < -0.3 is 4.74 Å². The van der Waals surface area contributed by atoms with E-state index in [2.05, 4.69) is 0 Å². The Morgan fingerprint density at radius 3 is 3.00 bits per heavy atom. The minimum Gasteiger partial charge on any atom is -0.466 e. The van der Waals surface area contributed by atoms with Crippen LogP contribution in [0.15, 0.2) is 5.57 Å². The van der Waals surface area contributed by atoms with E-state index in [0.29, 0.717) is 13.0 Å². The maximum atomic E-state index is 11.2. The lowest BCUT2D eigenvalue weighted by molar-refractivity contribution is -0.144. The summed E-state index contributed by atoms with van der Waals surface area (Å²) < 4.78 is 4.86. The summed E-state index contributed by atoms with van der Waals surface area (Å²) in [6.07, 6.45) is 4.20. The summed E-state index contributed by atoms with van der Waals surface area (Å²) in [6, 6.07) is 0. The third-order valence-corrected chi connectivity index (χ3v) is 2.59. The lowest BCUT2D eigenvalue weighted by Gasteiger charge is -2.21. The summed E-state index contributed by atoms with van der Waals surface area (Å²) in [6.45, 7) is 2.20. The summed E-state index contributed by atoms with van der Waals surface area (Å²) in [5.41, 5.74) is 0.768. The number of hydrogen-bond acceptors (Lipinski definition) is 3. The van der Waals surface area contributed by atoms with E-state index in [9.17, 15) is 9.59 Å². The molecule has 1 rings (SSSR count). The highest BCUT2D eigenvalue weighted by atomic mass is 16.5. The van der Waals surface area contributed by atoms with Gasteiger partial charge in [-0.2, -0.15) is 0 Å². The van der Waals surface area contributed by atoms with Crippen molar-refractivity contribution in [3.05, 3.63) is 5.57 Å². The summed E-state index contributed by atoms with van der Waals surface area (Å²) in [7, 11) is 0. The van der Waals surface area contributed by atoms with E-state index in [-0.39, 0.29) is 11.9 Å². The molecular weight excluding hydrogens is 180 g/mol. The standard InChI is InChI=1S/C11H16O3/c1-2-14-11(13)7-9-5-3-4-6-10(9)8-12/h9H,2-7H2,1H3. The summed E-state index contributed by atoms with van der Waals surface area (Å²) in [4.78, 5) is 21.8. The summed E-state index contributed by atoms with van der Waals surface area (Å²) >= 11 is 0. The topological polar surface area (TPSA) is 43.4 Å². The van der Waals surface area contributed by atoms with Gasteiger partial charge in [0.15, 0.2) is 0 Å². The van der Waals surface area contributed by atoms with Gasteiger partial charge in [-0.15, -0.1) is 0 Å². The molecule has 1 aliphatic carbocycles. The fourth-order valence-corrected chi connectivity index (χ4v) is 1.87. The van der Waals surface area contributed by atoms with Gasteiger partial charge in [-0.3, -0.25) is 4.79 Å². The lowest BCUT2D eigenvalue weighted by atomic mass is 9.83. The molecule has 1 aliphatic rings. The average Bonchev–Trinajstić information content (AvgIpc) is 2.19. The van der Waals surface area contributed by atoms with Crippen molar-refractivity contribution in [1.29, 1.82) is 0 Å². The zero-order valence-corrected chi connectivity index (χ0v) is 8.54. The van der Waals surface area contributed by atoms with E-state index in [1.54, 1.807) is 6.92 Å². The van der Waals surface area contributed by atoms with Gasteiger partial charge in [0, 0.05) is 11.5 Å². The van der Waals surface area contributed by atoms with E-state index >= 15 is 0 Å². The zero-order valence-electron chi connectivity index (χ0n) is 8.54. The number of esters is 1. The molecule has 0 radical (unpaired) electrons. The predicted molar refractivity (Wildman–Crippen MR) is 52.4 cm³/mol. The van der Waals surface area contributed by atoms with E-state index in [0.717, 1.165) is 31.3 Å². The molecule has 1 unspecified atom stereocenters. The van der Waals surface area contributed by atoms with Crippen LogP contribution < -0.4 is 0 Å². The van der Waals surface area contributed by atoms with Gasteiger partial charge in [-0.05, 0) is 26.2 Å².